The highest BCUT2D eigenvalue weighted by Gasteiger charge is 2.27. The summed E-state index contributed by atoms with van der Waals surface area (Å²) in [5, 5.41) is 3.87. The molecule has 1 saturated heterocycles. The maximum atomic E-state index is 12.5. The maximum absolute atomic E-state index is 12.5. The zero-order valence-electron chi connectivity index (χ0n) is 14.3. The summed E-state index contributed by atoms with van der Waals surface area (Å²) in [6.07, 6.45) is 2.08. The third kappa shape index (κ3) is 4.20. The van der Waals surface area contributed by atoms with Crippen molar-refractivity contribution in [2.24, 2.45) is 0 Å². The van der Waals surface area contributed by atoms with Gasteiger partial charge < -0.3 is 9.42 Å². The summed E-state index contributed by atoms with van der Waals surface area (Å²) < 4.78 is 5.30. The van der Waals surface area contributed by atoms with Crippen LogP contribution in [0, 0.1) is 6.92 Å². The van der Waals surface area contributed by atoms with Crippen LogP contribution < -0.4 is 0 Å². The molecule has 0 radical (unpaired) electrons. The summed E-state index contributed by atoms with van der Waals surface area (Å²) in [5.41, 5.74) is 1.14. The maximum Gasteiger partial charge on any atom is 0.236 e. The third-order valence-corrected chi connectivity index (χ3v) is 4.45. The van der Waals surface area contributed by atoms with Gasteiger partial charge in [-0.2, -0.15) is 4.98 Å². The fraction of sp³-hybridized carbons (Fsp3) is 0.500. The molecule has 1 aromatic carbocycles. The fourth-order valence-electron chi connectivity index (χ4n) is 3.14. The van der Waals surface area contributed by atoms with Crippen molar-refractivity contribution in [3.63, 3.8) is 0 Å². The molecule has 0 N–H and O–H groups in total. The number of hydrogen-bond donors (Lipinski definition) is 0. The highest BCUT2D eigenvalue weighted by atomic mass is 16.5. The molecule has 1 fully saturated rings. The van der Waals surface area contributed by atoms with E-state index in [-0.39, 0.29) is 11.8 Å². The van der Waals surface area contributed by atoms with Crippen molar-refractivity contribution in [3.8, 4) is 0 Å². The Morgan fingerprint density at radius 2 is 2.17 bits per heavy atom. The molecule has 24 heavy (non-hydrogen) atoms. The minimum Gasteiger partial charge on any atom is -0.340 e. The monoisotopic (exact) mass is 328 g/mol. The van der Waals surface area contributed by atoms with Crippen LogP contribution in [-0.4, -0.2) is 52.5 Å². The van der Waals surface area contributed by atoms with Crippen LogP contribution in [0.5, 0.6) is 0 Å². The quantitative estimate of drug-likeness (QED) is 0.842. The lowest BCUT2D eigenvalue weighted by Crippen LogP contribution is -2.42. The molecule has 0 saturated carbocycles. The van der Waals surface area contributed by atoms with Crippen molar-refractivity contribution in [2.45, 2.75) is 32.2 Å². The second kappa shape index (κ2) is 7.57. The van der Waals surface area contributed by atoms with Gasteiger partial charge in [-0.3, -0.25) is 9.69 Å². The van der Waals surface area contributed by atoms with Crippen LogP contribution in [0.25, 0.3) is 0 Å². The number of rotatable bonds is 5. The first-order valence-electron chi connectivity index (χ1n) is 8.42. The van der Waals surface area contributed by atoms with Gasteiger partial charge in [0.2, 0.25) is 11.8 Å². The Balaban J connectivity index is 1.53. The van der Waals surface area contributed by atoms with Gasteiger partial charge in [-0.25, -0.2) is 0 Å². The molecule has 1 amide bonds. The van der Waals surface area contributed by atoms with E-state index in [9.17, 15) is 4.79 Å². The summed E-state index contributed by atoms with van der Waals surface area (Å²) in [6.45, 7) is 4.64. The number of carbonyl (C=O) groups excluding carboxylic acids is 1. The van der Waals surface area contributed by atoms with Crippen molar-refractivity contribution in [2.75, 3.05) is 26.7 Å². The molecule has 1 aromatic heterocycles. The van der Waals surface area contributed by atoms with E-state index in [0.717, 1.165) is 31.5 Å². The average molecular weight is 328 g/mol. The van der Waals surface area contributed by atoms with Crippen molar-refractivity contribution >= 4 is 5.91 Å². The zero-order valence-corrected chi connectivity index (χ0v) is 14.3. The van der Waals surface area contributed by atoms with Gasteiger partial charge in [-0.15, -0.1) is 0 Å². The topological polar surface area (TPSA) is 62.5 Å². The molecular weight excluding hydrogens is 304 g/mol. The average Bonchev–Trinajstić information content (AvgIpc) is 3.02. The van der Waals surface area contributed by atoms with Crippen molar-refractivity contribution < 1.29 is 9.32 Å². The van der Waals surface area contributed by atoms with Gasteiger partial charge in [0.25, 0.3) is 0 Å². The Labute approximate surface area is 142 Å². The lowest BCUT2D eigenvalue weighted by atomic mass is 9.98. The first-order chi connectivity index (χ1) is 11.6. The van der Waals surface area contributed by atoms with Crippen molar-refractivity contribution in [1.82, 2.24) is 19.9 Å². The Morgan fingerprint density at radius 3 is 2.88 bits per heavy atom. The molecule has 0 unspecified atom stereocenters. The van der Waals surface area contributed by atoms with E-state index < -0.39 is 0 Å². The second-order valence-corrected chi connectivity index (χ2v) is 6.49. The molecule has 2 heterocycles. The van der Waals surface area contributed by atoms with Gasteiger partial charge in [0.05, 0.1) is 12.5 Å². The van der Waals surface area contributed by atoms with E-state index in [2.05, 4.69) is 15.0 Å². The molecule has 3 rings (SSSR count). The number of likely N-dealkylation sites (tertiary alicyclic amines) is 1. The van der Waals surface area contributed by atoms with E-state index >= 15 is 0 Å². The van der Waals surface area contributed by atoms with Crippen LogP contribution in [0.1, 0.15) is 36.0 Å². The standard InChI is InChI=1S/C18H24N4O2/c1-14-19-18(24-20-14)16-9-6-10-22(12-16)13-17(23)21(2)11-15-7-4-3-5-8-15/h3-5,7-8,16H,6,9-13H2,1-2H3/t16-/m0/s1. The number of benzene rings is 1. The van der Waals surface area contributed by atoms with Gasteiger partial charge in [-0.1, -0.05) is 35.5 Å². The molecule has 6 nitrogen and oxygen atoms in total. The highest BCUT2D eigenvalue weighted by Crippen LogP contribution is 2.25. The minimum atomic E-state index is 0.140. The molecule has 0 spiro atoms. The molecule has 1 aliphatic rings. The van der Waals surface area contributed by atoms with E-state index in [1.807, 2.05) is 44.3 Å². The lowest BCUT2D eigenvalue weighted by molar-refractivity contribution is -0.132. The van der Waals surface area contributed by atoms with E-state index in [1.54, 1.807) is 4.90 Å². The third-order valence-electron chi connectivity index (χ3n) is 4.45. The molecule has 1 aliphatic heterocycles. The van der Waals surface area contributed by atoms with Crippen molar-refractivity contribution in [1.29, 1.82) is 0 Å². The number of likely N-dealkylation sites (N-methyl/N-ethyl adjacent to an activating group) is 1. The second-order valence-electron chi connectivity index (χ2n) is 6.49. The largest absolute Gasteiger partial charge is 0.340 e. The summed E-state index contributed by atoms with van der Waals surface area (Å²) in [6, 6.07) is 10.1. The van der Waals surface area contributed by atoms with Crippen LogP contribution in [-0.2, 0) is 11.3 Å². The molecule has 0 bridgehead atoms. The highest BCUT2D eigenvalue weighted by molar-refractivity contribution is 5.78. The fourth-order valence-corrected chi connectivity index (χ4v) is 3.14. The SMILES string of the molecule is Cc1noc([C@H]2CCCN(CC(=O)N(C)Cc3ccccc3)C2)n1. The predicted octanol–water partition coefficient (Wildman–Crippen LogP) is 2.22. The Hall–Kier alpha value is -2.21. The minimum absolute atomic E-state index is 0.140. The van der Waals surface area contributed by atoms with Gasteiger partial charge >= 0.3 is 0 Å². The smallest absolute Gasteiger partial charge is 0.236 e. The van der Waals surface area contributed by atoms with Crippen LogP contribution in [0.2, 0.25) is 0 Å². The van der Waals surface area contributed by atoms with Crippen LogP contribution >= 0.6 is 0 Å². The predicted molar refractivity (Wildman–Crippen MR) is 90.4 cm³/mol. The molecule has 128 valence electrons. The Bertz CT molecular complexity index is 671. The number of aryl methyl sites for hydroxylation is 1. The molecule has 0 aliphatic carbocycles. The van der Waals surface area contributed by atoms with E-state index in [4.69, 9.17) is 4.52 Å². The molecule has 6 heteroatoms. The Kier molecular flexibility index (Phi) is 5.25. The summed E-state index contributed by atoms with van der Waals surface area (Å²) in [5.74, 6) is 1.73. The first-order valence-corrected chi connectivity index (χ1v) is 8.42. The van der Waals surface area contributed by atoms with Gasteiger partial charge in [-0.05, 0) is 31.9 Å². The summed E-state index contributed by atoms with van der Waals surface area (Å²) in [7, 11) is 1.86. The van der Waals surface area contributed by atoms with Gasteiger partial charge in [0.1, 0.15) is 0 Å². The summed E-state index contributed by atoms with van der Waals surface area (Å²) in [4.78, 5) is 20.8. The van der Waals surface area contributed by atoms with Crippen LogP contribution in [0.15, 0.2) is 34.9 Å². The zero-order chi connectivity index (χ0) is 16.9. The molecule has 1 atom stereocenters. The number of carbonyl (C=O) groups is 1. The Morgan fingerprint density at radius 1 is 1.38 bits per heavy atom. The van der Waals surface area contributed by atoms with Crippen LogP contribution in [0.4, 0.5) is 0 Å². The van der Waals surface area contributed by atoms with Crippen molar-refractivity contribution in [3.05, 3.63) is 47.6 Å². The molecule has 2 aromatic rings. The van der Waals surface area contributed by atoms with E-state index in [0.29, 0.717) is 24.8 Å². The first kappa shape index (κ1) is 16.6. The van der Waals surface area contributed by atoms with Gasteiger partial charge in [0, 0.05) is 20.1 Å². The van der Waals surface area contributed by atoms with Gasteiger partial charge in [0.15, 0.2) is 5.82 Å². The normalized spacial score (nSPS) is 18.5. The van der Waals surface area contributed by atoms with Crippen LogP contribution in [0.3, 0.4) is 0 Å². The molecular formula is C18H24N4O2. The number of nitrogens with zero attached hydrogens (tertiary/aromatic N) is 4. The number of piperidine rings is 1. The number of hydrogen-bond acceptors (Lipinski definition) is 5. The van der Waals surface area contributed by atoms with E-state index in [1.165, 1.54) is 0 Å². The summed E-state index contributed by atoms with van der Waals surface area (Å²) >= 11 is 0. The lowest BCUT2D eigenvalue weighted by Gasteiger charge is -2.31. The number of amides is 1. The number of aromatic nitrogens is 2.